The highest BCUT2D eigenvalue weighted by molar-refractivity contribution is 9.10. The highest BCUT2D eigenvalue weighted by Gasteiger charge is 2.12. The minimum absolute atomic E-state index is 0.00669. The lowest BCUT2D eigenvalue weighted by Gasteiger charge is -2.10. The van der Waals surface area contributed by atoms with E-state index in [0.29, 0.717) is 0 Å². The second-order valence-electron chi connectivity index (χ2n) is 3.33. The average Bonchev–Trinajstić information content (AvgIpc) is 2.12. The van der Waals surface area contributed by atoms with E-state index in [-0.39, 0.29) is 16.3 Å². The number of hydrogen-bond acceptors (Lipinski definition) is 2. The molecular formula is C10H10BrF2NO2. The summed E-state index contributed by atoms with van der Waals surface area (Å²) in [6.45, 7) is 3.30. The van der Waals surface area contributed by atoms with Gasteiger partial charge in [0.25, 0.3) is 0 Å². The van der Waals surface area contributed by atoms with Crippen molar-refractivity contribution in [3.8, 4) is 0 Å². The van der Waals surface area contributed by atoms with Crippen LogP contribution in [0.4, 0.5) is 19.3 Å². The van der Waals surface area contributed by atoms with Crippen LogP contribution in [0.1, 0.15) is 13.8 Å². The average molecular weight is 294 g/mol. The van der Waals surface area contributed by atoms with Crippen molar-refractivity contribution in [2.75, 3.05) is 5.32 Å². The minimum Gasteiger partial charge on any atom is -0.447 e. The van der Waals surface area contributed by atoms with Crippen LogP contribution in [0.25, 0.3) is 0 Å². The van der Waals surface area contributed by atoms with Crippen molar-refractivity contribution in [1.82, 2.24) is 0 Å². The molecular weight excluding hydrogens is 284 g/mol. The number of anilines is 1. The van der Waals surface area contributed by atoms with Gasteiger partial charge in [-0.15, -0.1) is 0 Å². The smallest absolute Gasteiger partial charge is 0.411 e. The van der Waals surface area contributed by atoms with Crippen molar-refractivity contribution in [2.24, 2.45) is 0 Å². The van der Waals surface area contributed by atoms with Gasteiger partial charge in [0.1, 0.15) is 11.6 Å². The topological polar surface area (TPSA) is 38.3 Å². The van der Waals surface area contributed by atoms with Crippen LogP contribution in [0.2, 0.25) is 0 Å². The predicted octanol–water partition coefficient (Wildman–Crippen LogP) is 3.68. The van der Waals surface area contributed by atoms with E-state index in [1.165, 1.54) is 0 Å². The zero-order valence-electron chi connectivity index (χ0n) is 8.68. The molecule has 1 amide bonds. The normalized spacial score (nSPS) is 10.4. The largest absolute Gasteiger partial charge is 0.447 e. The van der Waals surface area contributed by atoms with Crippen molar-refractivity contribution in [1.29, 1.82) is 0 Å². The number of nitrogens with one attached hydrogen (secondary N) is 1. The van der Waals surface area contributed by atoms with Gasteiger partial charge in [-0.3, -0.25) is 5.32 Å². The zero-order valence-corrected chi connectivity index (χ0v) is 10.3. The first-order chi connectivity index (χ1) is 7.40. The third kappa shape index (κ3) is 3.44. The maximum Gasteiger partial charge on any atom is 0.411 e. The number of carbonyl (C=O) groups excluding carboxylic acids is 1. The maximum atomic E-state index is 13.3. The van der Waals surface area contributed by atoms with E-state index in [1.807, 2.05) is 0 Å². The summed E-state index contributed by atoms with van der Waals surface area (Å²) in [5.74, 6) is -1.41. The van der Waals surface area contributed by atoms with Crippen LogP contribution < -0.4 is 5.32 Å². The molecule has 0 spiro atoms. The van der Waals surface area contributed by atoms with Gasteiger partial charge in [0, 0.05) is 6.07 Å². The summed E-state index contributed by atoms with van der Waals surface area (Å²) in [5.41, 5.74) is -0.258. The molecule has 0 saturated carbocycles. The molecule has 0 saturated heterocycles. The summed E-state index contributed by atoms with van der Waals surface area (Å²) in [5, 5.41) is 2.11. The van der Waals surface area contributed by atoms with E-state index in [9.17, 15) is 13.6 Å². The molecule has 0 atom stereocenters. The molecule has 0 aliphatic heterocycles. The molecule has 0 heterocycles. The van der Waals surface area contributed by atoms with Gasteiger partial charge < -0.3 is 4.74 Å². The van der Waals surface area contributed by atoms with E-state index < -0.39 is 17.7 Å². The fraction of sp³-hybridized carbons (Fsp3) is 0.300. The standard InChI is InChI=1S/C10H10BrF2NO2/c1-5(2)16-10(15)14-9-4-7(12)6(11)3-8(9)13/h3-5H,1-2H3,(H,14,15). The van der Waals surface area contributed by atoms with Crippen molar-refractivity contribution >= 4 is 27.7 Å². The second-order valence-corrected chi connectivity index (χ2v) is 4.18. The van der Waals surface area contributed by atoms with E-state index >= 15 is 0 Å². The Bertz CT molecular complexity index is 410. The summed E-state index contributed by atoms with van der Waals surface area (Å²) >= 11 is 2.83. The van der Waals surface area contributed by atoms with Crippen LogP contribution in [0.5, 0.6) is 0 Å². The van der Waals surface area contributed by atoms with E-state index in [4.69, 9.17) is 4.74 Å². The summed E-state index contributed by atoms with van der Waals surface area (Å²) in [6.07, 6.45) is -1.15. The number of benzene rings is 1. The lowest BCUT2D eigenvalue weighted by atomic mass is 10.3. The molecule has 88 valence electrons. The van der Waals surface area contributed by atoms with Crippen LogP contribution in [-0.4, -0.2) is 12.2 Å². The van der Waals surface area contributed by atoms with E-state index in [0.717, 1.165) is 12.1 Å². The molecule has 1 N–H and O–H groups in total. The van der Waals surface area contributed by atoms with Gasteiger partial charge in [-0.2, -0.15) is 0 Å². The molecule has 1 aromatic carbocycles. The number of hydrogen-bond donors (Lipinski definition) is 1. The fourth-order valence-corrected chi connectivity index (χ4v) is 1.29. The van der Waals surface area contributed by atoms with Crippen molar-refractivity contribution in [3.63, 3.8) is 0 Å². The maximum absolute atomic E-state index is 13.3. The number of rotatable bonds is 2. The van der Waals surface area contributed by atoms with Gasteiger partial charge in [0.2, 0.25) is 0 Å². The lowest BCUT2D eigenvalue weighted by molar-refractivity contribution is 0.130. The number of carbonyl (C=O) groups is 1. The zero-order chi connectivity index (χ0) is 12.3. The third-order valence-corrected chi connectivity index (χ3v) is 2.20. The Kier molecular flexibility index (Phi) is 4.23. The Hall–Kier alpha value is -1.17. The van der Waals surface area contributed by atoms with Gasteiger partial charge in [-0.1, -0.05) is 0 Å². The molecule has 1 rings (SSSR count). The molecule has 3 nitrogen and oxygen atoms in total. The Labute approximate surface area is 99.9 Å². The summed E-state index contributed by atoms with van der Waals surface area (Å²) in [4.78, 5) is 11.1. The first kappa shape index (κ1) is 12.9. The Morgan fingerprint density at radius 1 is 1.38 bits per heavy atom. The molecule has 0 bridgehead atoms. The molecule has 0 fully saturated rings. The highest BCUT2D eigenvalue weighted by atomic mass is 79.9. The fourth-order valence-electron chi connectivity index (χ4n) is 0.972. The van der Waals surface area contributed by atoms with Crippen LogP contribution in [0.3, 0.4) is 0 Å². The lowest BCUT2D eigenvalue weighted by Crippen LogP contribution is -2.18. The minimum atomic E-state index is -0.823. The van der Waals surface area contributed by atoms with Gasteiger partial charge in [-0.25, -0.2) is 13.6 Å². The predicted molar refractivity (Wildman–Crippen MR) is 59.3 cm³/mol. The number of ether oxygens (including phenoxy) is 1. The SMILES string of the molecule is CC(C)OC(=O)Nc1cc(F)c(Br)cc1F. The first-order valence-electron chi connectivity index (χ1n) is 4.52. The van der Waals surface area contributed by atoms with Crippen molar-refractivity contribution in [2.45, 2.75) is 20.0 Å². The van der Waals surface area contributed by atoms with Gasteiger partial charge >= 0.3 is 6.09 Å². The van der Waals surface area contributed by atoms with Crippen LogP contribution in [-0.2, 0) is 4.74 Å². The number of halogens is 3. The molecule has 6 heteroatoms. The van der Waals surface area contributed by atoms with Gasteiger partial charge in [-0.05, 0) is 35.8 Å². The Morgan fingerprint density at radius 2 is 2.00 bits per heavy atom. The van der Waals surface area contributed by atoms with Crippen molar-refractivity contribution in [3.05, 3.63) is 28.2 Å². The Morgan fingerprint density at radius 3 is 2.56 bits per heavy atom. The molecule has 0 unspecified atom stereocenters. The monoisotopic (exact) mass is 293 g/mol. The first-order valence-corrected chi connectivity index (χ1v) is 5.31. The van der Waals surface area contributed by atoms with Crippen LogP contribution in [0, 0.1) is 11.6 Å². The quantitative estimate of drug-likeness (QED) is 0.845. The summed E-state index contributed by atoms with van der Waals surface area (Å²) in [7, 11) is 0. The van der Waals surface area contributed by atoms with Gasteiger partial charge in [0.15, 0.2) is 0 Å². The number of amides is 1. The molecule has 0 aliphatic rings. The van der Waals surface area contributed by atoms with E-state index in [1.54, 1.807) is 13.8 Å². The van der Waals surface area contributed by atoms with Crippen LogP contribution >= 0.6 is 15.9 Å². The molecule has 0 radical (unpaired) electrons. The molecule has 16 heavy (non-hydrogen) atoms. The summed E-state index contributed by atoms with van der Waals surface area (Å²) < 4.78 is 31.0. The van der Waals surface area contributed by atoms with Crippen molar-refractivity contribution < 1.29 is 18.3 Å². The van der Waals surface area contributed by atoms with E-state index in [2.05, 4.69) is 21.2 Å². The summed E-state index contributed by atoms with van der Waals surface area (Å²) in [6, 6.07) is 1.81. The second kappa shape index (κ2) is 5.25. The Balaban J connectivity index is 2.81. The third-order valence-electron chi connectivity index (χ3n) is 1.59. The van der Waals surface area contributed by atoms with Gasteiger partial charge in [0.05, 0.1) is 16.3 Å². The highest BCUT2D eigenvalue weighted by Crippen LogP contribution is 2.23. The molecule has 0 aromatic heterocycles. The molecule has 0 aliphatic carbocycles. The van der Waals surface area contributed by atoms with Crippen LogP contribution in [0.15, 0.2) is 16.6 Å². The molecule has 1 aromatic rings.